The van der Waals surface area contributed by atoms with Crippen molar-refractivity contribution < 1.29 is 23.8 Å². The highest BCUT2D eigenvalue weighted by Gasteiger charge is 2.39. The maximum Gasteiger partial charge on any atom is 0.407 e. The Balaban J connectivity index is 1.85. The summed E-state index contributed by atoms with van der Waals surface area (Å²) in [7, 11) is 0. The number of nitrogens with one attached hydrogen (secondary N) is 1. The van der Waals surface area contributed by atoms with Crippen molar-refractivity contribution >= 4 is 12.1 Å². The molecular formula is C14H20N2O5. The zero-order chi connectivity index (χ0) is 15.6. The van der Waals surface area contributed by atoms with Crippen LogP contribution in [0.3, 0.4) is 0 Å². The van der Waals surface area contributed by atoms with Gasteiger partial charge in [0.25, 0.3) is 0 Å². The number of carbonyl (C=O) groups excluding carboxylic acids is 1. The number of amides is 1. The van der Waals surface area contributed by atoms with Crippen LogP contribution in [-0.2, 0) is 9.53 Å². The number of hydrogen-bond acceptors (Lipinski definition) is 5. The summed E-state index contributed by atoms with van der Waals surface area (Å²) >= 11 is 0. The van der Waals surface area contributed by atoms with Crippen LogP contribution in [0.1, 0.15) is 32.6 Å². The van der Waals surface area contributed by atoms with E-state index >= 15 is 0 Å². The van der Waals surface area contributed by atoms with Crippen LogP contribution < -0.4 is 5.32 Å². The maximum absolute atomic E-state index is 11.6. The lowest BCUT2D eigenvalue weighted by Crippen LogP contribution is -2.61. The van der Waals surface area contributed by atoms with Crippen molar-refractivity contribution in [2.45, 2.75) is 38.5 Å². The van der Waals surface area contributed by atoms with Gasteiger partial charge in [0, 0.05) is 13.1 Å². The van der Waals surface area contributed by atoms with Crippen LogP contribution in [0.25, 0.3) is 0 Å². The van der Waals surface area contributed by atoms with Gasteiger partial charge in [0.15, 0.2) is 6.04 Å². The fourth-order valence-electron chi connectivity index (χ4n) is 2.19. The Kier molecular flexibility index (Phi) is 4.22. The van der Waals surface area contributed by atoms with E-state index in [1.54, 1.807) is 37.8 Å². The van der Waals surface area contributed by atoms with Crippen molar-refractivity contribution in [2.24, 2.45) is 0 Å². The molecule has 0 spiro atoms. The number of hydrogen-bond donors (Lipinski definition) is 2. The van der Waals surface area contributed by atoms with Gasteiger partial charge in [0.1, 0.15) is 11.4 Å². The van der Waals surface area contributed by atoms with Crippen molar-refractivity contribution in [1.29, 1.82) is 0 Å². The third-order valence-corrected chi connectivity index (χ3v) is 3.04. The molecule has 1 fully saturated rings. The van der Waals surface area contributed by atoms with Gasteiger partial charge >= 0.3 is 12.1 Å². The molecule has 2 heterocycles. The van der Waals surface area contributed by atoms with Crippen molar-refractivity contribution in [3.05, 3.63) is 24.2 Å². The Morgan fingerprint density at radius 1 is 1.48 bits per heavy atom. The van der Waals surface area contributed by atoms with Crippen molar-refractivity contribution in [1.82, 2.24) is 10.2 Å². The highest BCUT2D eigenvalue weighted by molar-refractivity contribution is 5.75. The number of likely N-dealkylation sites (tertiary alicyclic amines) is 1. The fourth-order valence-corrected chi connectivity index (χ4v) is 2.19. The molecule has 2 N–H and O–H groups in total. The summed E-state index contributed by atoms with van der Waals surface area (Å²) in [6.45, 7) is 6.25. The molecule has 0 aromatic carbocycles. The summed E-state index contributed by atoms with van der Waals surface area (Å²) in [5, 5.41) is 12.0. The molecule has 1 aromatic rings. The number of carboxylic acid groups (broad SMARTS) is 1. The Morgan fingerprint density at radius 2 is 2.14 bits per heavy atom. The van der Waals surface area contributed by atoms with E-state index in [0.717, 1.165) is 0 Å². The molecule has 21 heavy (non-hydrogen) atoms. The number of carbonyl (C=O) groups is 2. The summed E-state index contributed by atoms with van der Waals surface area (Å²) in [6.07, 6.45) is 0.957. The summed E-state index contributed by atoms with van der Waals surface area (Å²) in [5.41, 5.74) is -0.550. The molecule has 0 saturated carbocycles. The number of furan rings is 1. The molecule has 7 nitrogen and oxygen atoms in total. The molecule has 0 radical (unpaired) electrons. The molecular weight excluding hydrogens is 276 g/mol. The first-order valence-electron chi connectivity index (χ1n) is 6.76. The lowest BCUT2D eigenvalue weighted by molar-refractivity contribution is -0.146. The van der Waals surface area contributed by atoms with E-state index in [1.807, 2.05) is 0 Å². The zero-order valence-electron chi connectivity index (χ0n) is 12.3. The first-order valence-corrected chi connectivity index (χ1v) is 6.76. The second kappa shape index (κ2) is 5.77. The molecule has 1 aliphatic heterocycles. The molecule has 1 saturated heterocycles. The smallest absolute Gasteiger partial charge is 0.407 e. The third-order valence-electron chi connectivity index (χ3n) is 3.04. The first-order chi connectivity index (χ1) is 9.76. The van der Waals surface area contributed by atoms with Crippen LogP contribution in [0.2, 0.25) is 0 Å². The van der Waals surface area contributed by atoms with E-state index in [2.05, 4.69) is 5.32 Å². The van der Waals surface area contributed by atoms with Crippen LogP contribution in [0, 0.1) is 0 Å². The average molecular weight is 296 g/mol. The summed E-state index contributed by atoms with van der Waals surface area (Å²) < 4.78 is 10.3. The van der Waals surface area contributed by atoms with Gasteiger partial charge in [-0.1, -0.05) is 0 Å². The van der Waals surface area contributed by atoms with Gasteiger partial charge in [-0.3, -0.25) is 9.69 Å². The number of carboxylic acids is 1. The van der Waals surface area contributed by atoms with E-state index in [1.165, 1.54) is 6.26 Å². The van der Waals surface area contributed by atoms with Crippen molar-refractivity contribution in [3.8, 4) is 0 Å². The van der Waals surface area contributed by atoms with Gasteiger partial charge < -0.3 is 19.6 Å². The number of nitrogens with zero attached hydrogens (tertiary/aromatic N) is 1. The lowest BCUT2D eigenvalue weighted by Gasteiger charge is -2.42. The Morgan fingerprint density at radius 3 is 2.62 bits per heavy atom. The summed E-state index contributed by atoms with van der Waals surface area (Å²) in [5.74, 6) is -0.584. The van der Waals surface area contributed by atoms with Crippen molar-refractivity contribution in [2.75, 3.05) is 13.1 Å². The van der Waals surface area contributed by atoms with Crippen LogP contribution in [0.15, 0.2) is 22.8 Å². The molecule has 1 aromatic heterocycles. The second-order valence-corrected chi connectivity index (χ2v) is 6.05. The van der Waals surface area contributed by atoms with Gasteiger partial charge in [-0.05, 0) is 32.9 Å². The molecule has 1 atom stereocenters. The topological polar surface area (TPSA) is 92.0 Å². The minimum absolute atomic E-state index is 0.114. The van der Waals surface area contributed by atoms with Gasteiger partial charge in [-0.25, -0.2) is 4.79 Å². The SMILES string of the molecule is CC(C)(C)OC(=O)NC1CN([C@@H](C(=O)O)c2ccco2)C1. The number of alkyl carbamates (subject to hydrolysis) is 1. The van der Waals surface area contributed by atoms with Crippen LogP contribution in [0.4, 0.5) is 4.79 Å². The molecule has 0 unspecified atom stereocenters. The van der Waals surface area contributed by atoms with Gasteiger partial charge in [0.05, 0.1) is 12.3 Å². The standard InChI is InChI=1S/C14H20N2O5/c1-14(2,3)21-13(19)15-9-7-16(8-9)11(12(17)18)10-5-4-6-20-10/h4-6,9,11H,7-8H2,1-3H3,(H,15,19)(H,17,18)/t11-/m1/s1. The van der Waals surface area contributed by atoms with E-state index in [4.69, 9.17) is 9.15 Å². The third kappa shape index (κ3) is 3.98. The van der Waals surface area contributed by atoms with E-state index in [-0.39, 0.29) is 6.04 Å². The minimum atomic E-state index is -0.972. The highest BCUT2D eigenvalue weighted by Crippen LogP contribution is 2.26. The maximum atomic E-state index is 11.6. The van der Waals surface area contributed by atoms with Gasteiger partial charge in [-0.2, -0.15) is 0 Å². The molecule has 0 bridgehead atoms. The van der Waals surface area contributed by atoms with Gasteiger partial charge in [0.2, 0.25) is 0 Å². The first kappa shape index (κ1) is 15.4. The fraction of sp³-hybridized carbons (Fsp3) is 0.571. The monoisotopic (exact) mass is 296 g/mol. The van der Waals surface area contributed by atoms with Crippen LogP contribution in [-0.4, -0.2) is 46.8 Å². The Hall–Kier alpha value is -2.02. The largest absolute Gasteiger partial charge is 0.480 e. The lowest BCUT2D eigenvalue weighted by atomic mass is 10.0. The quantitative estimate of drug-likeness (QED) is 0.877. The zero-order valence-corrected chi connectivity index (χ0v) is 12.3. The molecule has 7 heteroatoms. The Bertz CT molecular complexity index is 500. The van der Waals surface area contributed by atoms with Gasteiger partial charge in [-0.15, -0.1) is 0 Å². The van der Waals surface area contributed by atoms with E-state index in [0.29, 0.717) is 18.8 Å². The summed E-state index contributed by atoms with van der Waals surface area (Å²) in [4.78, 5) is 24.7. The van der Waals surface area contributed by atoms with Crippen LogP contribution in [0.5, 0.6) is 0 Å². The molecule has 1 aliphatic rings. The molecule has 2 rings (SSSR count). The molecule has 116 valence electrons. The minimum Gasteiger partial charge on any atom is -0.480 e. The van der Waals surface area contributed by atoms with Crippen LogP contribution >= 0.6 is 0 Å². The number of aliphatic carboxylic acids is 1. The second-order valence-electron chi connectivity index (χ2n) is 6.05. The number of rotatable bonds is 4. The Labute approximate surface area is 122 Å². The van der Waals surface area contributed by atoms with E-state index < -0.39 is 23.7 Å². The normalized spacial score (nSPS) is 17.9. The molecule has 0 aliphatic carbocycles. The number of ether oxygens (including phenoxy) is 1. The van der Waals surface area contributed by atoms with Crippen molar-refractivity contribution in [3.63, 3.8) is 0 Å². The average Bonchev–Trinajstić information content (AvgIpc) is 2.76. The molecule has 1 amide bonds. The predicted octanol–water partition coefficient (Wildman–Crippen LogP) is 1.61. The van der Waals surface area contributed by atoms with E-state index in [9.17, 15) is 14.7 Å². The summed E-state index contributed by atoms with van der Waals surface area (Å²) in [6, 6.07) is 2.35. The predicted molar refractivity (Wildman–Crippen MR) is 73.8 cm³/mol. The highest BCUT2D eigenvalue weighted by atomic mass is 16.6.